The number of likely N-dealkylation sites (tertiary alicyclic amines) is 2. The molecule has 7 nitrogen and oxygen atoms in total. The first-order valence-electron chi connectivity index (χ1n) is 8.33. The molecule has 0 saturated carbocycles. The Balaban J connectivity index is 1.78. The third-order valence-electron chi connectivity index (χ3n) is 5.35. The van der Waals surface area contributed by atoms with Gasteiger partial charge in [0.15, 0.2) is 0 Å². The Morgan fingerprint density at radius 3 is 2.96 bits per heavy atom. The highest BCUT2D eigenvalue weighted by atomic mass is 16.5. The van der Waals surface area contributed by atoms with Crippen molar-refractivity contribution >= 4 is 11.9 Å². The number of ether oxygens (including phenoxy) is 1. The number of carbonyl (C=O) groups excluding carboxylic acids is 1. The molecule has 1 aromatic rings. The summed E-state index contributed by atoms with van der Waals surface area (Å²) in [6, 6.07) is 1.65. The van der Waals surface area contributed by atoms with Crippen LogP contribution in [0.4, 0.5) is 0 Å². The van der Waals surface area contributed by atoms with E-state index in [4.69, 9.17) is 9.15 Å². The fourth-order valence-corrected chi connectivity index (χ4v) is 4.03. The fourth-order valence-electron chi connectivity index (χ4n) is 4.03. The van der Waals surface area contributed by atoms with Gasteiger partial charge in [-0.25, -0.2) is 0 Å². The van der Waals surface area contributed by atoms with Gasteiger partial charge in [-0.3, -0.25) is 14.5 Å². The Labute approximate surface area is 141 Å². The molecule has 2 saturated heterocycles. The van der Waals surface area contributed by atoms with Crippen LogP contribution in [-0.2, 0) is 9.53 Å². The highest BCUT2D eigenvalue weighted by molar-refractivity contribution is 5.94. The van der Waals surface area contributed by atoms with Gasteiger partial charge in [-0.05, 0) is 18.9 Å². The Bertz CT molecular complexity index is 588. The van der Waals surface area contributed by atoms with E-state index in [1.54, 1.807) is 18.1 Å². The van der Waals surface area contributed by atoms with E-state index < -0.39 is 11.4 Å². The Morgan fingerprint density at radius 1 is 1.46 bits per heavy atom. The predicted octanol–water partition coefficient (Wildman–Crippen LogP) is 1.16. The lowest BCUT2D eigenvalue weighted by Crippen LogP contribution is -2.42. The van der Waals surface area contributed by atoms with Gasteiger partial charge in [-0.15, -0.1) is 0 Å². The molecular formula is C17H24N2O5. The highest BCUT2D eigenvalue weighted by Crippen LogP contribution is 2.43. The van der Waals surface area contributed by atoms with Gasteiger partial charge in [-0.2, -0.15) is 0 Å². The average molecular weight is 336 g/mol. The van der Waals surface area contributed by atoms with Crippen molar-refractivity contribution in [2.24, 2.45) is 11.3 Å². The molecule has 0 unspecified atom stereocenters. The number of hydrogen-bond donors (Lipinski definition) is 1. The maximum absolute atomic E-state index is 12.6. The molecule has 2 aliphatic heterocycles. The molecule has 1 N–H and O–H groups in total. The monoisotopic (exact) mass is 336 g/mol. The second-order valence-electron chi connectivity index (χ2n) is 6.75. The quantitative estimate of drug-likeness (QED) is 0.869. The molecule has 0 bridgehead atoms. The number of carboxylic acids is 1. The molecule has 1 aromatic heterocycles. The van der Waals surface area contributed by atoms with Gasteiger partial charge in [0.2, 0.25) is 0 Å². The van der Waals surface area contributed by atoms with Crippen molar-refractivity contribution in [2.45, 2.75) is 12.8 Å². The van der Waals surface area contributed by atoms with Crippen molar-refractivity contribution in [2.75, 3.05) is 46.4 Å². The van der Waals surface area contributed by atoms with Crippen LogP contribution in [0.15, 0.2) is 23.0 Å². The molecule has 0 radical (unpaired) electrons. The number of amides is 1. The number of hydrogen-bond acceptors (Lipinski definition) is 5. The maximum atomic E-state index is 12.6. The molecule has 24 heavy (non-hydrogen) atoms. The van der Waals surface area contributed by atoms with E-state index in [2.05, 4.69) is 4.90 Å². The summed E-state index contributed by atoms with van der Waals surface area (Å²) in [7, 11) is 1.65. The van der Waals surface area contributed by atoms with E-state index in [0.717, 1.165) is 6.54 Å². The molecule has 0 aromatic carbocycles. The first-order valence-corrected chi connectivity index (χ1v) is 8.33. The standard InChI is InChI=1S/C17H24N2O5/c1-23-8-6-18-9-14-10-19(15(20)13-3-7-24-11-13)5-2-4-17(14,12-18)16(21)22/h3,7,11,14H,2,4-6,8-10,12H2,1H3,(H,21,22)/t14-,17+/m1/s1. The van der Waals surface area contributed by atoms with Crippen molar-refractivity contribution < 1.29 is 23.8 Å². The summed E-state index contributed by atoms with van der Waals surface area (Å²) in [6.45, 7) is 3.58. The van der Waals surface area contributed by atoms with Gasteiger partial charge in [0.05, 0.1) is 23.8 Å². The van der Waals surface area contributed by atoms with Crippen molar-refractivity contribution in [1.29, 1.82) is 0 Å². The van der Waals surface area contributed by atoms with Crippen LogP contribution in [-0.4, -0.2) is 73.2 Å². The number of carboxylic acid groups (broad SMARTS) is 1. The SMILES string of the molecule is COCCN1C[C@@H]2CN(C(=O)c3ccoc3)CCC[C@]2(C(=O)O)C1. The molecule has 3 heterocycles. The Kier molecular flexibility index (Phi) is 4.91. The number of carbonyl (C=O) groups is 2. The Hall–Kier alpha value is -1.86. The minimum atomic E-state index is -0.765. The van der Waals surface area contributed by atoms with Crippen LogP contribution >= 0.6 is 0 Å². The van der Waals surface area contributed by atoms with Crippen LogP contribution in [0.25, 0.3) is 0 Å². The summed E-state index contributed by atoms with van der Waals surface area (Å²) in [6.07, 6.45) is 4.22. The van der Waals surface area contributed by atoms with Gasteiger partial charge < -0.3 is 19.2 Å². The van der Waals surface area contributed by atoms with Gasteiger partial charge in [0, 0.05) is 45.8 Å². The molecule has 0 spiro atoms. The zero-order valence-corrected chi connectivity index (χ0v) is 13.9. The third-order valence-corrected chi connectivity index (χ3v) is 5.35. The first kappa shape index (κ1) is 17.0. The van der Waals surface area contributed by atoms with Gasteiger partial charge in [0.1, 0.15) is 6.26 Å². The summed E-state index contributed by atoms with van der Waals surface area (Å²) < 4.78 is 10.1. The number of aliphatic carboxylic acids is 1. The predicted molar refractivity (Wildman–Crippen MR) is 85.7 cm³/mol. The van der Waals surface area contributed by atoms with Crippen LogP contribution in [0.2, 0.25) is 0 Å². The zero-order chi connectivity index (χ0) is 17.2. The van der Waals surface area contributed by atoms with Crippen molar-refractivity contribution in [3.8, 4) is 0 Å². The average Bonchev–Trinajstić information content (AvgIpc) is 3.17. The third kappa shape index (κ3) is 3.06. The maximum Gasteiger partial charge on any atom is 0.311 e. The van der Waals surface area contributed by atoms with E-state index >= 15 is 0 Å². The molecule has 1 amide bonds. The zero-order valence-electron chi connectivity index (χ0n) is 13.9. The second-order valence-corrected chi connectivity index (χ2v) is 6.75. The van der Waals surface area contributed by atoms with Crippen molar-refractivity contribution in [1.82, 2.24) is 9.80 Å². The molecule has 132 valence electrons. The smallest absolute Gasteiger partial charge is 0.311 e. The number of nitrogens with zero attached hydrogens (tertiary/aromatic N) is 2. The number of fused-ring (bicyclic) bond motifs is 1. The lowest BCUT2D eigenvalue weighted by Gasteiger charge is -2.29. The van der Waals surface area contributed by atoms with E-state index in [1.165, 1.54) is 12.5 Å². The van der Waals surface area contributed by atoms with Crippen molar-refractivity contribution in [3.05, 3.63) is 24.2 Å². The van der Waals surface area contributed by atoms with Gasteiger partial charge in [0.25, 0.3) is 5.91 Å². The number of methoxy groups -OCH3 is 1. The molecule has 3 rings (SSSR count). The van der Waals surface area contributed by atoms with Crippen molar-refractivity contribution in [3.63, 3.8) is 0 Å². The van der Waals surface area contributed by atoms with Gasteiger partial charge >= 0.3 is 5.97 Å². The minimum absolute atomic E-state index is 0.0646. The van der Waals surface area contributed by atoms with E-state index in [-0.39, 0.29) is 11.8 Å². The lowest BCUT2D eigenvalue weighted by molar-refractivity contribution is -0.151. The molecule has 2 aliphatic rings. The minimum Gasteiger partial charge on any atom is -0.481 e. The van der Waals surface area contributed by atoms with Crippen LogP contribution in [0, 0.1) is 11.3 Å². The van der Waals surface area contributed by atoms with Crippen LogP contribution < -0.4 is 0 Å². The molecular weight excluding hydrogens is 312 g/mol. The van der Waals surface area contributed by atoms with Gasteiger partial charge in [-0.1, -0.05) is 0 Å². The molecule has 0 aliphatic carbocycles. The number of furan rings is 1. The topological polar surface area (TPSA) is 83.2 Å². The summed E-state index contributed by atoms with van der Waals surface area (Å²) in [5.41, 5.74) is -0.244. The molecule has 7 heteroatoms. The summed E-state index contributed by atoms with van der Waals surface area (Å²) in [5, 5.41) is 9.90. The van der Waals surface area contributed by atoms with Crippen LogP contribution in [0.3, 0.4) is 0 Å². The second kappa shape index (κ2) is 6.94. The highest BCUT2D eigenvalue weighted by Gasteiger charge is 2.53. The molecule has 2 atom stereocenters. The normalized spacial score (nSPS) is 27.7. The van der Waals surface area contributed by atoms with E-state index in [1.807, 2.05) is 0 Å². The van der Waals surface area contributed by atoms with E-state index in [9.17, 15) is 14.7 Å². The largest absolute Gasteiger partial charge is 0.481 e. The number of rotatable bonds is 5. The summed E-state index contributed by atoms with van der Waals surface area (Å²) in [5.74, 6) is -0.893. The summed E-state index contributed by atoms with van der Waals surface area (Å²) in [4.78, 5) is 28.6. The molecule has 2 fully saturated rings. The van der Waals surface area contributed by atoms with Crippen LogP contribution in [0.1, 0.15) is 23.2 Å². The van der Waals surface area contributed by atoms with Crippen LogP contribution in [0.5, 0.6) is 0 Å². The lowest BCUT2D eigenvalue weighted by atomic mass is 9.75. The van der Waals surface area contributed by atoms with E-state index in [0.29, 0.717) is 51.2 Å². The summed E-state index contributed by atoms with van der Waals surface area (Å²) >= 11 is 0. The first-order chi connectivity index (χ1) is 11.6. The fraction of sp³-hybridized carbons (Fsp3) is 0.647. The Morgan fingerprint density at radius 2 is 2.29 bits per heavy atom.